The van der Waals surface area contributed by atoms with Crippen LogP contribution in [0.25, 0.3) is 10.9 Å². The molecule has 0 saturated heterocycles. The van der Waals surface area contributed by atoms with Gasteiger partial charge < -0.3 is 15.0 Å². The Morgan fingerprint density at radius 1 is 1.35 bits per heavy atom. The maximum absolute atomic E-state index is 6.22. The molecule has 0 saturated carbocycles. The lowest BCUT2D eigenvalue weighted by atomic mass is 9.95. The zero-order valence-corrected chi connectivity index (χ0v) is 10.9. The molecule has 0 aliphatic rings. The molecule has 3 nitrogen and oxygen atoms in total. The molecule has 0 atom stereocenters. The van der Waals surface area contributed by atoms with Crippen molar-refractivity contribution in [3.8, 4) is 5.75 Å². The minimum Gasteiger partial charge on any atom is -0.497 e. The molecule has 17 heavy (non-hydrogen) atoms. The Balaban J connectivity index is 2.73. The summed E-state index contributed by atoms with van der Waals surface area (Å²) in [4.78, 5) is 0. The molecule has 0 aliphatic heterocycles. The van der Waals surface area contributed by atoms with Crippen LogP contribution in [0.15, 0.2) is 24.4 Å². The zero-order chi connectivity index (χ0) is 12.6. The Labute approximate surface area is 102 Å². The summed E-state index contributed by atoms with van der Waals surface area (Å²) >= 11 is 0. The Kier molecular flexibility index (Phi) is 2.87. The van der Waals surface area contributed by atoms with Gasteiger partial charge in [0.25, 0.3) is 0 Å². The van der Waals surface area contributed by atoms with E-state index in [4.69, 9.17) is 10.5 Å². The van der Waals surface area contributed by atoms with Crippen LogP contribution in [-0.4, -0.2) is 11.7 Å². The van der Waals surface area contributed by atoms with Crippen molar-refractivity contribution >= 4 is 10.9 Å². The van der Waals surface area contributed by atoms with Crippen LogP contribution in [0.1, 0.15) is 26.3 Å². The number of fused-ring (bicyclic) bond motifs is 1. The summed E-state index contributed by atoms with van der Waals surface area (Å²) < 4.78 is 7.48. The highest BCUT2D eigenvalue weighted by Gasteiger charge is 2.20. The minimum absolute atomic E-state index is 0.326. The number of benzene rings is 1. The number of rotatable bonds is 3. The Bertz CT molecular complexity index is 535. The topological polar surface area (TPSA) is 40.2 Å². The van der Waals surface area contributed by atoms with Crippen LogP contribution in [0.2, 0.25) is 0 Å². The smallest absolute Gasteiger partial charge is 0.120 e. The molecular weight excluding hydrogens is 212 g/mol. The highest BCUT2D eigenvalue weighted by atomic mass is 16.5. The van der Waals surface area contributed by atoms with Crippen LogP contribution >= 0.6 is 0 Å². The predicted molar refractivity (Wildman–Crippen MR) is 71.4 cm³/mol. The highest BCUT2D eigenvalue weighted by Crippen LogP contribution is 2.31. The quantitative estimate of drug-likeness (QED) is 0.884. The average Bonchev–Trinajstić information content (AvgIpc) is 2.66. The van der Waals surface area contributed by atoms with E-state index in [1.807, 2.05) is 19.9 Å². The summed E-state index contributed by atoms with van der Waals surface area (Å²) in [7, 11) is 1.69. The van der Waals surface area contributed by atoms with Crippen molar-refractivity contribution in [1.29, 1.82) is 0 Å². The van der Waals surface area contributed by atoms with Crippen LogP contribution < -0.4 is 10.5 Å². The molecular formula is C14H20N2O. The first-order chi connectivity index (χ1) is 7.97. The van der Waals surface area contributed by atoms with E-state index in [2.05, 4.69) is 29.8 Å². The first kappa shape index (κ1) is 12.0. The second-order valence-corrected chi connectivity index (χ2v) is 4.93. The van der Waals surface area contributed by atoms with Gasteiger partial charge in [-0.15, -0.1) is 0 Å². The third-order valence-corrected chi connectivity index (χ3v) is 3.12. The number of aromatic nitrogens is 1. The fraction of sp³-hybridized carbons (Fsp3) is 0.429. The van der Waals surface area contributed by atoms with Crippen LogP contribution in [0.4, 0.5) is 0 Å². The Hall–Kier alpha value is -1.48. The minimum atomic E-state index is -0.326. The van der Waals surface area contributed by atoms with E-state index >= 15 is 0 Å². The van der Waals surface area contributed by atoms with Gasteiger partial charge in [0, 0.05) is 29.7 Å². The van der Waals surface area contributed by atoms with E-state index in [0.717, 1.165) is 12.3 Å². The van der Waals surface area contributed by atoms with Gasteiger partial charge in [-0.3, -0.25) is 0 Å². The van der Waals surface area contributed by atoms with Gasteiger partial charge in [-0.2, -0.15) is 0 Å². The van der Waals surface area contributed by atoms with Gasteiger partial charge in [-0.05, 0) is 38.5 Å². The molecule has 3 heteroatoms. The maximum atomic E-state index is 6.22. The third-order valence-electron chi connectivity index (χ3n) is 3.12. The first-order valence-corrected chi connectivity index (χ1v) is 5.93. The average molecular weight is 232 g/mol. The van der Waals surface area contributed by atoms with Gasteiger partial charge >= 0.3 is 0 Å². The molecule has 1 aromatic carbocycles. The van der Waals surface area contributed by atoms with Crippen molar-refractivity contribution in [2.24, 2.45) is 5.73 Å². The molecule has 0 radical (unpaired) electrons. The standard InChI is InChI=1S/C14H20N2O/c1-5-16-9-12(14(2,3)15)11-7-6-10(17-4)8-13(11)16/h6-9H,5,15H2,1-4H3. The molecule has 2 aromatic rings. The summed E-state index contributed by atoms with van der Waals surface area (Å²) in [5.41, 5.74) is 8.25. The highest BCUT2D eigenvalue weighted by molar-refractivity contribution is 5.86. The molecule has 0 aliphatic carbocycles. The molecule has 1 heterocycles. The third kappa shape index (κ3) is 2.03. The zero-order valence-electron chi connectivity index (χ0n) is 10.9. The van der Waals surface area contributed by atoms with Crippen LogP contribution in [0.5, 0.6) is 5.75 Å². The van der Waals surface area contributed by atoms with Crippen LogP contribution in [0, 0.1) is 0 Å². The summed E-state index contributed by atoms with van der Waals surface area (Å²) in [5, 5.41) is 1.21. The lowest BCUT2D eigenvalue weighted by Gasteiger charge is -2.17. The second kappa shape index (κ2) is 4.08. The number of nitrogens with zero attached hydrogens (tertiary/aromatic N) is 1. The number of hydrogen-bond donors (Lipinski definition) is 1. The molecule has 2 rings (SSSR count). The lowest BCUT2D eigenvalue weighted by molar-refractivity contribution is 0.415. The normalized spacial score (nSPS) is 12.1. The van der Waals surface area contributed by atoms with Crippen molar-refractivity contribution in [3.05, 3.63) is 30.0 Å². The van der Waals surface area contributed by atoms with Gasteiger partial charge in [-0.25, -0.2) is 0 Å². The predicted octanol–water partition coefficient (Wildman–Crippen LogP) is 2.86. The number of aryl methyl sites for hydroxylation is 1. The molecule has 92 valence electrons. The molecule has 0 spiro atoms. The monoisotopic (exact) mass is 232 g/mol. The van der Waals surface area contributed by atoms with Gasteiger partial charge in [-0.1, -0.05) is 0 Å². The SMILES string of the molecule is CCn1cc(C(C)(C)N)c2ccc(OC)cc21. The summed E-state index contributed by atoms with van der Waals surface area (Å²) in [6.07, 6.45) is 2.14. The lowest BCUT2D eigenvalue weighted by Crippen LogP contribution is -2.28. The van der Waals surface area contributed by atoms with E-state index in [-0.39, 0.29) is 5.54 Å². The van der Waals surface area contributed by atoms with E-state index in [9.17, 15) is 0 Å². The van der Waals surface area contributed by atoms with Crippen molar-refractivity contribution < 1.29 is 4.74 Å². The van der Waals surface area contributed by atoms with Crippen LogP contribution in [-0.2, 0) is 12.1 Å². The van der Waals surface area contributed by atoms with Crippen molar-refractivity contribution in [1.82, 2.24) is 4.57 Å². The summed E-state index contributed by atoms with van der Waals surface area (Å²) in [6.45, 7) is 7.13. The second-order valence-electron chi connectivity index (χ2n) is 4.93. The Morgan fingerprint density at radius 2 is 2.06 bits per heavy atom. The molecule has 0 amide bonds. The molecule has 0 bridgehead atoms. The largest absolute Gasteiger partial charge is 0.497 e. The first-order valence-electron chi connectivity index (χ1n) is 5.93. The number of hydrogen-bond acceptors (Lipinski definition) is 2. The fourth-order valence-electron chi connectivity index (χ4n) is 2.17. The number of ether oxygens (including phenoxy) is 1. The molecule has 0 unspecified atom stereocenters. The van der Waals surface area contributed by atoms with E-state index < -0.39 is 0 Å². The Morgan fingerprint density at radius 3 is 2.59 bits per heavy atom. The van der Waals surface area contributed by atoms with Crippen molar-refractivity contribution in [2.75, 3.05) is 7.11 Å². The summed E-state index contributed by atoms with van der Waals surface area (Å²) in [6, 6.07) is 6.13. The van der Waals surface area contributed by atoms with Crippen LogP contribution in [0.3, 0.4) is 0 Å². The van der Waals surface area contributed by atoms with Gasteiger partial charge in [0.15, 0.2) is 0 Å². The molecule has 2 N–H and O–H groups in total. The van der Waals surface area contributed by atoms with Gasteiger partial charge in [0.2, 0.25) is 0 Å². The molecule has 0 fully saturated rings. The summed E-state index contributed by atoms with van der Waals surface area (Å²) in [5.74, 6) is 0.881. The number of methoxy groups -OCH3 is 1. The fourth-order valence-corrected chi connectivity index (χ4v) is 2.17. The number of nitrogens with two attached hydrogens (primary N) is 1. The van der Waals surface area contributed by atoms with Gasteiger partial charge in [0.05, 0.1) is 12.6 Å². The van der Waals surface area contributed by atoms with Crippen molar-refractivity contribution in [2.45, 2.75) is 32.9 Å². The van der Waals surface area contributed by atoms with Gasteiger partial charge in [0.1, 0.15) is 5.75 Å². The van der Waals surface area contributed by atoms with E-state index in [1.165, 1.54) is 16.5 Å². The van der Waals surface area contributed by atoms with Crippen molar-refractivity contribution in [3.63, 3.8) is 0 Å². The van der Waals surface area contributed by atoms with E-state index in [0.29, 0.717) is 0 Å². The van der Waals surface area contributed by atoms with E-state index in [1.54, 1.807) is 7.11 Å². The maximum Gasteiger partial charge on any atom is 0.120 e. The molecule has 1 aromatic heterocycles.